The van der Waals surface area contributed by atoms with E-state index < -0.39 is 30.6 Å². The first-order valence-corrected chi connectivity index (χ1v) is 4.02. The Kier molecular flexibility index (Phi) is 5.45. The van der Waals surface area contributed by atoms with Gasteiger partial charge in [-0.3, -0.25) is 4.79 Å². The maximum Gasteiger partial charge on any atom is 0.215 e. The minimum absolute atomic E-state index is 0.141. The zero-order valence-corrected chi connectivity index (χ0v) is 7.79. The van der Waals surface area contributed by atoms with E-state index in [1.807, 2.05) is 0 Å². The van der Waals surface area contributed by atoms with Crippen molar-refractivity contribution in [3.63, 3.8) is 0 Å². The number of carbonyl (C=O) groups is 1. The summed E-state index contributed by atoms with van der Waals surface area (Å²) in [6, 6.07) is 0. The predicted molar refractivity (Wildman–Crippen MR) is 45.1 cm³/mol. The van der Waals surface area contributed by atoms with Gasteiger partial charge in [-0.2, -0.15) is 4.84 Å². The second-order valence-corrected chi connectivity index (χ2v) is 2.91. The molecule has 0 amide bonds. The van der Waals surface area contributed by atoms with Crippen molar-refractivity contribution in [3.8, 4) is 0 Å². The number of aliphatic hydroxyl groups is 5. The molecule has 0 aromatic heterocycles. The number of hydrogen-bond donors (Lipinski definition) is 6. The molecule has 0 spiro atoms. The average molecular weight is 230 g/mol. The van der Waals surface area contributed by atoms with E-state index in [0.29, 0.717) is 0 Å². The predicted octanol–water partition coefficient (Wildman–Crippen LogP) is -3.31. The minimum Gasteiger partial charge on any atom is -0.394 e. The molecule has 0 fully saturated rings. The molecule has 4 atom stereocenters. The van der Waals surface area contributed by atoms with Crippen LogP contribution < -0.4 is 4.84 Å². The summed E-state index contributed by atoms with van der Waals surface area (Å²) in [4.78, 5) is 11.8. The first-order chi connectivity index (χ1) is 6.42. The van der Waals surface area contributed by atoms with Crippen LogP contribution >= 0.6 is 11.8 Å². The van der Waals surface area contributed by atoms with E-state index in [1.165, 1.54) is 0 Å². The van der Waals surface area contributed by atoms with Crippen molar-refractivity contribution < 1.29 is 30.3 Å². The Bertz CT molecular complexity index is 193. The Morgan fingerprint density at radius 3 is 2.21 bits per heavy atom. The second-order valence-electron chi connectivity index (χ2n) is 2.72. The zero-order valence-electron chi connectivity index (χ0n) is 7.04. The van der Waals surface area contributed by atoms with Gasteiger partial charge in [0.15, 0.2) is 6.29 Å². The number of nitrogens with one attached hydrogen (secondary N) is 1. The second kappa shape index (κ2) is 5.56. The molecule has 6 N–H and O–H groups in total. The van der Waals surface area contributed by atoms with Gasteiger partial charge in [0.1, 0.15) is 18.3 Å². The van der Waals surface area contributed by atoms with Crippen molar-refractivity contribution in [2.45, 2.75) is 24.0 Å². The number of hydrogen-bond acceptors (Lipinski definition) is 7. The highest BCUT2D eigenvalue weighted by atomic mass is 35.5. The van der Waals surface area contributed by atoms with Crippen molar-refractivity contribution in [2.24, 2.45) is 0 Å². The lowest BCUT2D eigenvalue weighted by molar-refractivity contribution is -0.167. The van der Waals surface area contributed by atoms with Gasteiger partial charge >= 0.3 is 0 Å². The van der Waals surface area contributed by atoms with Crippen LogP contribution in [0.1, 0.15) is 0 Å². The number of aldehydes is 1. The topological polar surface area (TPSA) is 130 Å². The monoisotopic (exact) mass is 229 g/mol. The molecule has 0 aromatic rings. The van der Waals surface area contributed by atoms with E-state index in [0.717, 1.165) is 0 Å². The van der Waals surface area contributed by atoms with E-state index in [4.69, 9.17) is 27.1 Å². The third-order valence-corrected chi connectivity index (χ3v) is 1.99. The summed E-state index contributed by atoms with van der Waals surface area (Å²) in [5, 5.41) is 44.8. The van der Waals surface area contributed by atoms with Gasteiger partial charge in [0.05, 0.1) is 6.61 Å². The van der Waals surface area contributed by atoms with Crippen LogP contribution in [0.3, 0.4) is 0 Å². The fraction of sp³-hybridized carbons (Fsp3) is 0.833. The van der Waals surface area contributed by atoms with Crippen LogP contribution in [0.15, 0.2) is 0 Å². The molecule has 0 unspecified atom stereocenters. The van der Waals surface area contributed by atoms with Crippen molar-refractivity contribution in [2.75, 3.05) is 6.61 Å². The average Bonchev–Trinajstić information content (AvgIpc) is 2.24. The van der Waals surface area contributed by atoms with Crippen molar-refractivity contribution >= 4 is 18.1 Å². The lowest BCUT2D eigenvalue weighted by Gasteiger charge is -2.30. The SMILES string of the molecule is O=C[C@@](O)(NCl)[C@@H](O)[C@H](O)[C@H](O)CO. The van der Waals surface area contributed by atoms with Crippen LogP contribution in [0, 0.1) is 0 Å². The van der Waals surface area contributed by atoms with E-state index in [9.17, 15) is 15.0 Å². The molecule has 14 heavy (non-hydrogen) atoms. The Balaban J connectivity index is 4.57. The highest BCUT2D eigenvalue weighted by Crippen LogP contribution is 2.12. The standard InChI is InChI=1S/C6H12ClNO6/c7-8-6(14,2-10)5(13)4(12)3(11)1-9/h2-5,8-9,11-14H,1H2/t3-,4-,5+,6+/m1/s1. The molecule has 0 radical (unpaired) electrons. The Morgan fingerprint density at radius 1 is 1.43 bits per heavy atom. The molecule has 0 rings (SSSR count). The molecule has 84 valence electrons. The summed E-state index contributed by atoms with van der Waals surface area (Å²) < 4.78 is 0. The highest BCUT2D eigenvalue weighted by molar-refractivity contribution is 6.14. The van der Waals surface area contributed by atoms with E-state index in [2.05, 4.69) is 0 Å². The normalized spacial score (nSPS) is 22.1. The quantitative estimate of drug-likeness (QED) is 0.160. The first-order valence-electron chi connectivity index (χ1n) is 3.64. The van der Waals surface area contributed by atoms with Crippen LogP contribution in [-0.4, -0.2) is 62.5 Å². The third-order valence-electron chi connectivity index (χ3n) is 1.69. The molecule has 0 bridgehead atoms. The fourth-order valence-corrected chi connectivity index (χ4v) is 0.883. The fourth-order valence-electron chi connectivity index (χ4n) is 0.727. The van der Waals surface area contributed by atoms with Gasteiger partial charge < -0.3 is 25.5 Å². The van der Waals surface area contributed by atoms with Crippen LogP contribution in [0.25, 0.3) is 0 Å². The maximum atomic E-state index is 10.3. The lowest BCUT2D eigenvalue weighted by Crippen LogP contribution is -2.60. The highest BCUT2D eigenvalue weighted by Gasteiger charge is 2.42. The molecule has 0 aliphatic rings. The van der Waals surface area contributed by atoms with Crippen LogP contribution in [-0.2, 0) is 4.79 Å². The van der Waals surface area contributed by atoms with E-state index >= 15 is 0 Å². The molecule has 0 aliphatic carbocycles. The summed E-state index contributed by atoms with van der Waals surface area (Å²) in [6.45, 7) is -0.838. The maximum absolute atomic E-state index is 10.3. The Morgan fingerprint density at radius 2 is 1.93 bits per heavy atom. The third kappa shape index (κ3) is 2.85. The Labute approximate surface area is 84.7 Å². The summed E-state index contributed by atoms with van der Waals surface area (Å²) in [5.41, 5.74) is -2.59. The summed E-state index contributed by atoms with van der Waals surface area (Å²) in [6.07, 6.45) is -5.82. The summed E-state index contributed by atoms with van der Waals surface area (Å²) >= 11 is 4.95. The van der Waals surface area contributed by atoms with Crippen LogP contribution in [0.5, 0.6) is 0 Å². The van der Waals surface area contributed by atoms with E-state index in [-0.39, 0.29) is 6.29 Å². The number of rotatable bonds is 6. The van der Waals surface area contributed by atoms with Crippen molar-refractivity contribution in [1.29, 1.82) is 0 Å². The van der Waals surface area contributed by atoms with Gasteiger partial charge in [0.25, 0.3) is 0 Å². The van der Waals surface area contributed by atoms with E-state index in [1.54, 1.807) is 4.84 Å². The molecule has 0 saturated heterocycles. The molecule has 0 saturated carbocycles. The number of halogens is 1. The molecule has 0 aromatic carbocycles. The van der Waals surface area contributed by atoms with Crippen molar-refractivity contribution in [3.05, 3.63) is 0 Å². The largest absolute Gasteiger partial charge is 0.394 e. The molecule has 8 heteroatoms. The summed E-state index contributed by atoms with van der Waals surface area (Å²) in [5.74, 6) is 0. The minimum atomic E-state index is -2.59. The number of carbonyl (C=O) groups excluding carboxylic acids is 1. The molecule has 0 heterocycles. The summed E-state index contributed by atoms with van der Waals surface area (Å²) in [7, 11) is 0. The molecular formula is C6H12ClNO6. The first kappa shape index (κ1) is 13.7. The van der Waals surface area contributed by atoms with Gasteiger partial charge in [0, 0.05) is 0 Å². The van der Waals surface area contributed by atoms with Gasteiger partial charge in [-0.15, -0.1) is 0 Å². The van der Waals surface area contributed by atoms with Gasteiger partial charge in [-0.25, -0.2) is 0 Å². The lowest BCUT2D eigenvalue weighted by atomic mass is 10.00. The van der Waals surface area contributed by atoms with Gasteiger partial charge in [-0.1, -0.05) is 0 Å². The molecule has 7 nitrogen and oxygen atoms in total. The van der Waals surface area contributed by atoms with Crippen LogP contribution in [0.2, 0.25) is 0 Å². The Hall–Kier alpha value is -0.280. The van der Waals surface area contributed by atoms with Crippen LogP contribution in [0.4, 0.5) is 0 Å². The smallest absolute Gasteiger partial charge is 0.215 e. The van der Waals surface area contributed by atoms with Crippen molar-refractivity contribution in [1.82, 2.24) is 4.84 Å². The zero-order chi connectivity index (χ0) is 11.4. The molecular weight excluding hydrogens is 218 g/mol. The van der Waals surface area contributed by atoms with Gasteiger partial charge in [0.2, 0.25) is 5.72 Å². The van der Waals surface area contributed by atoms with Gasteiger partial charge in [-0.05, 0) is 11.8 Å². The molecule has 0 aliphatic heterocycles. The number of aliphatic hydroxyl groups excluding tert-OH is 4.